The number of likely N-dealkylation sites (tertiary alicyclic amines) is 1. The highest BCUT2D eigenvalue weighted by Gasteiger charge is 2.20. The maximum Gasteiger partial charge on any atom is 0.236 e. The Hall–Kier alpha value is -0.280. The number of carbonyl (C=O) groups excluding carboxylic acids is 1. The number of hydrogen-bond donors (Lipinski definition) is 0. The van der Waals surface area contributed by atoms with Crippen molar-refractivity contribution in [3.63, 3.8) is 0 Å². The molecule has 3 nitrogen and oxygen atoms in total. The van der Waals surface area contributed by atoms with Gasteiger partial charge in [-0.25, -0.2) is 0 Å². The van der Waals surface area contributed by atoms with Crippen molar-refractivity contribution in [2.45, 2.75) is 58.9 Å². The van der Waals surface area contributed by atoms with Crippen LogP contribution in [0.15, 0.2) is 0 Å². The molecule has 0 radical (unpaired) electrons. The van der Waals surface area contributed by atoms with E-state index in [4.69, 9.17) is 0 Å². The summed E-state index contributed by atoms with van der Waals surface area (Å²) in [5, 5.41) is 0. The first-order valence-corrected chi connectivity index (χ1v) is 7.48. The Balaban J connectivity index is 0.00000324. The number of nitrogens with zero attached hydrogens (tertiary/aromatic N) is 2. The average Bonchev–Trinajstić information content (AvgIpc) is 2.80. The standard InChI is InChI=1S/C15H30N2O.ClH/c1-13(2)8-7-9-14(3)16(4)15(18)12-17-10-5-6-11-17;/h13-14H,5-12H2,1-4H3;1H. The summed E-state index contributed by atoms with van der Waals surface area (Å²) in [4.78, 5) is 16.3. The van der Waals surface area contributed by atoms with Gasteiger partial charge in [-0.15, -0.1) is 12.4 Å². The molecule has 1 aliphatic heterocycles. The number of halogens is 1. The van der Waals surface area contributed by atoms with Gasteiger partial charge in [-0.05, 0) is 45.2 Å². The van der Waals surface area contributed by atoms with Gasteiger partial charge in [0.1, 0.15) is 0 Å². The van der Waals surface area contributed by atoms with Gasteiger partial charge in [-0.2, -0.15) is 0 Å². The van der Waals surface area contributed by atoms with E-state index in [9.17, 15) is 4.79 Å². The molecule has 0 bridgehead atoms. The summed E-state index contributed by atoms with van der Waals surface area (Å²) in [6.07, 6.45) is 6.11. The van der Waals surface area contributed by atoms with Crippen LogP contribution in [0, 0.1) is 5.92 Å². The highest BCUT2D eigenvalue weighted by Crippen LogP contribution is 2.13. The minimum Gasteiger partial charge on any atom is -0.342 e. The Kier molecular flexibility index (Phi) is 9.46. The van der Waals surface area contributed by atoms with Crippen molar-refractivity contribution in [2.24, 2.45) is 5.92 Å². The Morgan fingerprint density at radius 2 is 1.74 bits per heavy atom. The maximum atomic E-state index is 12.1. The first-order valence-electron chi connectivity index (χ1n) is 7.48. The van der Waals surface area contributed by atoms with Crippen LogP contribution < -0.4 is 0 Å². The molecule has 1 heterocycles. The summed E-state index contributed by atoms with van der Waals surface area (Å²) in [7, 11) is 1.96. The summed E-state index contributed by atoms with van der Waals surface area (Å²) in [5.74, 6) is 1.05. The van der Waals surface area contributed by atoms with Gasteiger partial charge >= 0.3 is 0 Å². The molecule has 1 amide bonds. The lowest BCUT2D eigenvalue weighted by Crippen LogP contribution is -2.41. The van der Waals surface area contributed by atoms with E-state index in [0.29, 0.717) is 12.6 Å². The number of rotatable bonds is 7. The molecule has 1 unspecified atom stereocenters. The van der Waals surface area contributed by atoms with Gasteiger partial charge < -0.3 is 4.90 Å². The van der Waals surface area contributed by atoms with E-state index in [-0.39, 0.29) is 18.3 Å². The molecular weight excluding hydrogens is 260 g/mol. The molecule has 1 aliphatic rings. The predicted molar refractivity (Wildman–Crippen MR) is 83.8 cm³/mol. The van der Waals surface area contributed by atoms with E-state index >= 15 is 0 Å². The largest absolute Gasteiger partial charge is 0.342 e. The summed E-state index contributed by atoms with van der Waals surface area (Å²) >= 11 is 0. The quantitative estimate of drug-likeness (QED) is 0.719. The minimum absolute atomic E-state index is 0. The van der Waals surface area contributed by atoms with Gasteiger partial charge in [0, 0.05) is 13.1 Å². The molecule has 1 rings (SSSR count). The number of amides is 1. The fourth-order valence-corrected chi connectivity index (χ4v) is 2.50. The topological polar surface area (TPSA) is 23.6 Å². The van der Waals surface area contributed by atoms with Gasteiger partial charge in [-0.3, -0.25) is 9.69 Å². The molecular formula is C15H31ClN2O. The zero-order chi connectivity index (χ0) is 13.5. The first kappa shape index (κ1) is 18.7. The zero-order valence-corrected chi connectivity index (χ0v) is 13.8. The van der Waals surface area contributed by atoms with Crippen LogP contribution in [-0.2, 0) is 4.79 Å². The Bertz CT molecular complexity index is 253. The summed E-state index contributed by atoms with van der Waals surface area (Å²) in [5.41, 5.74) is 0. The average molecular weight is 291 g/mol. The van der Waals surface area contributed by atoms with Crippen molar-refractivity contribution in [1.82, 2.24) is 9.80 Å². The van der Waals surface area contributed by atoms with Crippen LogP contribution in [0.5, 0.6) is 0 Å². The van der Waals surface area contributed by atoms with E-state index in [0.717, 1.165) is 25.4 Å². The molecule has 0 aromatic carbocycles. The van der Waals surface area contributed by atoms with Crippen molar-refractivity contribution in [3.8, 4) is 0 Å². The molecule has 0 aromatic heterocycles. The lowest BCUT2D eigenvalue weighted by atomic mass is 10.0. The number of hydrogen-bond acceptors (Lipinski definition) is 2. The van der Waals surface area contributed by atoms with Gasteiger partial charge in [0.15, 0.2) is 0 Å². The molecule has 19 heavy (non-hydrogen) atoms. The Morgan fingerprint density at radius 3 is 2.26 bits per heavy atom. The fraction of sp³-hybridized carbons (Fsp3) is 0.933. The van der Waals surface area contributed by atoms with Crippen LogP contribution >= 0.6 is 12.4 Å². The van der Waals surface area contributed by atoms with Gasteiger partial charge in [0.25, 0.3) is 0 Å². The van der Waals surface area contributed by atoms with Crippen molar-refractivity contribution in [2.75, 3.05) is 26.7 Å². The third-order valence-electron chi connectivity index (χ3n) is 4.02. The zero-order valence-electron chi connectivity index (χ0n) is 13.0. The lowest BCUT2D eigenvalue weighted by Gasteiger charge is -2.27. The third-order valence-corrected chi connectivity index (χ3v) is 4.02. The van der Waals surface area contributed by atoms with Crippen LogP contribution in [0.3, 0.4) is 0 Å². The van der Waals surface area contributed by atoms with Crippen LogP contribution in [0.1, 0.15) is 52.9 Å². The minimum atomic E-state index is 0. The monoisotopic (exact) mass is 290 g/mol. The highest BCUT2D eigenvalue weighted by atomic mass is 35.5. The van der Waals surface area contributed by atoms with Crippen molar-refractivity contribution < 1.29 is 4.79 Å². The van der Waals surface area contributed by atoms with Crippen LogP contribution in [0.4, 0.5) is 0 Å². The van der Waals surface area contributed by atoms with E-state index in [1.165, 1.54) is 25.7 Å². The smallest absolute Gasteiger partial charge is 0.236 e. The summed E-state index contributed by atoms with van der Waals surface area (Å²) < 4.78 is 0. The second-order valence-electron chi connectivity index (χ2n) is 6.16. The molecule has 114 valence electrons. The molecule has 0 spiro atoms. The Morgan fingerprint density at radius 1 is 1.16 bits per heavy atom. The first-order chi connectivity index (χ1) is 8.50. The van der Waals surface area contributed by atoms with Crippen LogP contribution in [0.2, 0.25) is 0 Å². The number of carbonyl (C=O) groups is 1. The molecule has 0 N–H and O–H groups in total. The second kappa shape index (κ2) is 9.60. The fourth-order valence-electron chi connectivity index (χ4n) is 2.50. The maximum absolute atomic E-state index is 12.1. The molecule has 0 saturated carbocycles. The molecule has 1 atom stereocenters. The van der Waals surface area contributed by atoms with Crippen LogP contribution in [-0.4, -0.2) is 48.4 Å². The molecule has 1 fully saturated rings. The molecule has 0 aromatic rings. The van der Waals surface area contributed by atoms with E-state index in [2.05, 4.69) is 25.7 Å². The summed E-state index contributed by atoms with van der Waals surface area (Å²) in [6.45, 7) is 9.50. The highest BCUT2D eigenvalue weighted by molar-refractivity contribution is 5.85. The van der Waals surface area contributed by atoms with Crippen molar-refractivity contribution in [3.05, 3.63) is 0 Å². The predicted octanol–water partition coefficient (Wildman–Crippen LogP) is 3.18. The third kappa shape index (κ3) is 7.17. The Labute approximate surface area is 125 Å². The van der Waals surface area contributed by atoms with Gasteiger partial charge in [-0.1, -0.05) is 26.7 Å². The van der Waals surface area contributed by atoms with Gasteiger partial charge in [0.2, 0.25) is 5.91 Å². The van der Waals surface area contributed by atoms with E-state index < -0.39 is 0 Å². The lowest BCUT2D eigenvalue weighted by molar-refractivity contribution is -0.132. The molecule has 4 heteroatoms. The number of likely N-dealkylation sites (N-methyl/N-ethyl adjacent to an activating group) is 1. The normalized spacial score (nSPS) is 17.3. The van der Waals surface area contributed by atoms with Gasteiger partial charge in [0.05, 0.1) is 6.54 Å². The van der Waals surface area contributed by atoms with Crippen LogP contribution in [0.25, 0.3) is 0 Å². The SMILES string of the molecule is CC(C)CCCC(C)N(C)C(=O)CN1CCCC1.Cl. The molecule has 0 aliphatic carbocycles. The second-order valence-corrected chi connectivity index (χ2v) is 6.16. The van der Waals surface area contributed by atoms with Crippen molar-refractivity contribution in [1.29, 1.82) is 0 Å². The summed E-state index contributed by atoms with van der Waals surface area (Å²) in [6, 6.07) is 0.374. The molecule has 1 saturated heterocycles. The van der Waals surface area contributed by atoms with Crippen molar-refractivity contribution >= 4 is 18.3 Å². The van der Waals surface area contributed by atoms with E-state index in [1.807, 2.05) is 11.9 Å². The van der Waals surface area contributed by atoms with E-state index in [1.54, 1.807) is 0 Å².